The Bertz CT molecular complexity index is 523. The molecule has 0 atom stereocenters. The fraction of sp³-hybridized carbons (Fsp3) is 0. The van der Waals surface area contributed by atoms with E-state index in [0.717, 1.165) is 0 Å². The normalized spacial score (nSPS) is 10.4. The number of anilines is 1. The number of halogens is 3. The molecule has 0 bridgehead atoms. The van der Waals surface area contributed by atoms with Crippen LogP contribution in [-0.2, 0) is 0 Å². The van der Waals surface area contributed by atoms with Crippen LogP contribution < -0.4 is 5.73 Å². The van der Waals surface area contributed by atoms with Crippen molar-refractivity contribution in [2.75, 3.05) is 5.73 Å². The summed E-state index contributed by atoms with van der Waals surface area (Å²) in [5.41, 5.74) is 7.31. The molecule has 0 fully saturated rings. The largest absolute Gasteiger partial charge is 0.394 e. The van der Waals surface area contributed by atoms with Gasteiger partial charge < -0.3 is 5.73 Å². The van der Waals surface area contributed by atoms with Crippen molar-refractivity contribution in [1.82, 2.24) is 9.97 Å². The number of hydrogen-bond acceptors (Lipinski definition) is 3. The number of nitrogens with two attached hydrogens (primary N) is 1. The molecule has 0 unspecified atom stereocenters. The van der Waals surface area contributed by atoms with E-state index >= 15 is 0 Å². The summed E-state index contributed by atoms with van der Waals surface area (Å²) in [6.07, 6.45) is 1.34. The van der Waals surface area contributed by atoms with Crippen molar-refractivity contribution in [3.63, 3.8) is 0 Å². The van der Waals surface area contributed by atoms with Crippen LogP contribution in [0.5, 0.6) is 0 Å². The van der Waals surface area contributed by atoms with Gasteiger partial charge in [0, 0.05) is 15.6 Å². The molecule has 0 saturated carbocycles. The second kappa shape index (κ2) is 4.45. The number of aromatic nitrogens is 2. The molecule has 0 saturated heterocycles. The highest BCUT2D eigenvalue weighted by Gasteiger charge is 2.09. The molecule has 2 N–H and O–H groups in total. The molecule has 1 aromatic carbocycles. The highest BCUT2D eigenvalue weighted by Crippen LogP contribution is 2.31. The van der Waals surface area contributed by atoms with Gasteiger partial charge in [-0.1, -0.05) is 34.8 Å². The van der Waals surface area contributed by atoms with Crippen molar-refractivity contribution in [3.8, 4) is 11.3 Å². The fourth-order valence-electron chi connectivity index (χ4n) is 1.29. The number of nitrogen functional groups attached to an aromatic ring is 1. The summed E-state index contributed by atoms with van der Waals surface area (Å²) < 4.78 is 0. The van der Waals surface area contributed by atoms with Gasteiger partial charge in [-0.05, 0) is 18.2 Å². The van der Waals surface area contributed by atoms with Gasteiger partial charge in [0.15, 0.2) is 5.15 Å². The zero-order valence-electron chi connectivity index (χ0n) is 7.92. The predicted octanol–water partition coefficient (Wildman–Crippen LogP) is 3.69. The molecule has 0 amide bonds. The van der Waals surface area contributed by atoms with Crippen molar-refractivity contribution in [3.05, 3.63) is 39.7 Å². The molecule has 1 aromatic heterocycles. The van der Waals surface area contributed by atoms with Crippen LogP contribution in [0.3, 0.4) is 0 Å². The fourth-order valence-corrected chi connectivity index (χ4v) is 1.95. The molecular formula is C10H6Cl3N3. The first-order valence-electron chi connectivity index (χ1n) is 4.30. The number of benzene rings is 1. The van der Waals surface area contributed by atoms with E-state index in [2.05, 4.69) is 9.97 Å². The molecule has 6 heteroatoms. The van der Waals surface area contributed by atoms with Gasteiger partial charge in [0.25, 0.3) is 0 Å². The van der Waals surface area contributed by atoms with Gasteiger partial charge in [-0.2, -0.15) is 0 Å². The standard InChI is InChI=1S/C10H6Cl3N3/c11-6-1-5(2-7(12)3-6)9-8(14)10(13)16-4-15-9/h1-4H,14H2. The maximum atomic E-state index is 5.89. The summed E-state index contributed by atoms with van der Waals surface area (Å²) in [6, 6.07) is 5.05. The first-order valence-corrected chi connectivity index (χ1v) is 5.44. The number of nitrogens with zero attached hydrogens (tertiary/aromatic N) is 2. The summed E-state index contributed by atoms with van der Waals surface area (Å²) >= 11 is 17.6. The highest BCUT2D eigenvalue weighted by molar-refractivity contribution is 6.35. The number of rotatable bonds is 1. The lowest BCUT2D eigenvalue weighted by Crippen LogP contribution is -1.96. The maximum Gasteiger partial charge on any atom is 0.155 e. The van der Waals surface area contributed by atoms with Crippen molar-refractivity contribution in [2.45, 2.75) is 0 Å². The molecule has 16 heavy (non-hydrogen) atoms. The zero-order chi connectivity index (χ0) is 11.7. The van der Waals surface area contributed by atoms with E-state index in [9.17, 15) is 0 Å². The van der Waals surface area contributed by atoms with E-state index in [1.807, 2.05) is 0 Å². The molecule has 82 valence electrons. The molecule has 2 aromatic rings. The van der Waals surface area contributed by atoms with Crippen LogP contribution >= 0.6 is 34.8 Å². The van der Waals surface area contributed by atoms with E-state index < -0.39 is 0 Å². The molecule has 0 aliphatic carbocycles. The minimum atomic E-state index is 0.209. The molecule has 0 spiro atoms. The van der Waals surface area contributed by atoms with Crippen molar-refractivity contribution < 1.29 is 0 Å². The Morgan fingerprint density at radius 3 is 2.19 bits per heavy atom. The second-order valence-electron chi connectivity index (χ2n) is 3.08. The molecule has 2 rings (SSSR count). The first-order chi connectivity index (χ1) is 7.58. The Morgan fingerprint density at radius 2 is 1.56 bits per heavy atom. The third kappa shape index (κ3) is 2.21. The Balaban J connectivity index is 2.63. The van der Waals surface area contributed by atoms with E-state index in [4.69, 9.17) is 40.5 Å². The average molecular weight is 275 g/mol. The monoisotopic (exact) mass is 273 g/mol. The topological polar surface area (TPSA) is 51.8 Å². The molecule has 1 heterocycles. The van der Waals surface area contributed by atoms with Gasteiger partial charge in [-0.3, -0.25) is 0 Å². The maximum absolute atomic E-state index is 5.89. The van der Waals surface area contributed by atoms with Gasteiger partial charge in [-0.25, -0.2) is 9.97 Å². The minimum absolute atomic E-state index is 0.209. The smallest absolute Gasteiger partial charge is 0.155 e. The van der Waals surface area contributed by atoms with Gasteiger partial charge in [0.2, 0.25) is 0 Å². The predicted molar refractivity (Wildman–Crippen MR) is 66.9 cm³/mol. The molecule has 0 radical (unpaired) electrons. The van der Waals surface area contributed by atoms with Crippen LogP contribution in [0.25, 0.3) is 11.3 Å². The van der Waals surface area contributed by atoms with E-state index in [0.29, 0.717) is 27.0 Å². The first kappa shape index (κ1) is 11.5. The summed E-state index contributed by atoms with van der Waals surface area (Å²) in [5, 5.41) is 1.23. The summed E-state index contributed by atoms with van der Waals surface area (Å²) in [5.74, 6) is 0. The van der Waals surface area contributed by atoms with Crippen LogP contribution in [-0.4, -0.2) is 9.97 Å². The van der Waals surface area contributed by atoms with Crippen LogP contribution in [0.4, 0.5) is 5.69 Å². The molecule has 0 aliphatic rings. The van der Waals surface area contributed by atoms with E-state index in [-0.39, 0.29) is 5.15 Å². The summed E-state index contributed by atoms with van der Waals surface area (Å²) in [6.45, 7) is 0. The Morgan fingerprint density at radius 1 is 0.938 bits per heavy atom. The number of hydrogen-bond donors (Lipinski definition) is 1. The lowest BCUT2D eigenvalue weighted by molar-refractivity contribution is 1.18. The van der Waals surface area contributed by atoms with Crippen LogP contribution in [0.2, 0.25) is 15.2 Å². The average Bonchev–Trinajstić information content (AvgIpc) is 2.20. The van der Waals surface area contributed by atoms with Gasteiger partial charge in [0.05, 0.1) is 11.4 Å². The second-order valence-corrected chi connectivity index (χ2v) is 4.32. The third-order valence-electron chi connectivity index (χ3n) is 1.97. The van der Waals surface area contributed by atoms with Crippen molar-refractivity contribution >= 4 is 40.5 Å². The summed E-state index contributed by atoms with van der Waals surface area (Å²) in [7, 11) is 0. The Kier molecular flexibility index (Phi) is 3.19. The highest BCUT2D eigenvalue weighted by atomic mass is 35.5. The molecule has 3 nitrogen and oxygen atoms in total. The zero-order valence-corrected chi connectivity index (χ0v) is 10.2. The Hall–Kier alpha value is -1.03. The summed E-state index contributed by atoms with van der Waals surface area (Å²) in [4.78, 5) is 7.83. The lowest BCUT2D eigenvalue weighted by Gasteiger charge is -2.06. The molecule has 0 aliphatic heterocycles. The minimum Gasteiger partial charge on any atom is -0.394 e. The van der Waals surface area contributed by atoms with Crippen LogP contribution in [0.1, 0.15) is 0 Å². The lowest BCUT2D eigenvalue weighted by atomic mass is 10.1. The Labute approximate surface area is 107 Å². The molecular weight excluding hydrogens is 268 g/mol. The van der Waals surface area contributed by atoms with Crippen molar-refractivity contribution in [2.24, 2.45) is 0 Å². The quantitative estimate of drug-likeness (QED) is 0.807. The van der Waals surface area contributed by atoms with Crippen LogP contribution in [0, 0.1) is 0 Å². The van der Waals surface area contributed by atoms with Gasteiger partial charge >= 0.3 is 0 Å². The SMILES string of the molecule is Nc1c(Cl)ncnc1-c1cc(Cl)cc(Cl)c1. The van der Waals surface area contributed by atoms with Crippen LogP contribution in [0.15, 0.2) is 24.5 Å². The van der Waals surface area contributed by atoms with Crippen molar-refractivity contribution in [1.29, 1.82) is 0 Å². The third-order valence-corrected chi connectivity index (χ3v) is 2.71. The van der Waals surface area contributed by atoms with Gasteiger partial charge in [0.1, 0.15) is 6.33 Å². The van der Waals surface area contributed by atoms with E-state index in [1.165, 1.54) is 6.33 Å². The van der Waals surface area contributed by atoms with E-state index in [1.54, 1.807) is 18.2 Å². The van der Waals surface area contributed by atoms with Gasteiger partial charge in [-0.15, -0.1) is 0 Å².